The molecule has 0 aliphatic carbocycles. The van der Waals surface area contributed by atoms with Crippen molar-refractivity contribution >= 4 is 35.1 Å². The SMILES string of the molecule is Cc1cc(NC(=O)CN2C(=O)CSC=C2c2ccccc2)no1. The van der Waals surface area contributed by atoms with Gasteiger partial charge >= 0.3 is 0 Å². The Bertz CT molecular complexity index is 755. The van der Waals surface area contributed by atoms with Crippen LogP contribution in [0.25, 0.3) is 5.70 Å². The van der Waals surface area contributed by atoms with E-state index in [0.29, 0.717) is 17.3 Å². The van der Waals surface area contributed by atoms with Gasteiger partial charge < -0.3 is 14.7 Å². The van der Waals surface area contributed by atoms with E-state index in [9.17, 15) is 9.59 Å². The molecule has 1 aliphatic heterocycles. The lowest BCUT2D eigenvalue weighted by Crippen LogP contribution is -2.39. The molecule has 0 radical (unpaired) electrons. The molecule has 118 valence electrons. The fourth-order valence-electron chi connectivity index (χ4n) is 2.23. The van der Waals surface area contributed by atoms with E-state index in [2.05, 4.69) is 10.5 Å². The minimum absolute atomic E-state index is 0.0635. The Morgan fingerprint density at radius 3 is 2.87 bits per heavy atom. The number of carbonyl (C=O) groups is 2. The molecule has 6 nitrogen and oxygen atoms in total. The van der Waals surface area contributed by atoms with Gasteiger partial charge in [0.2, 0.25) is 11.8 Å². The number of thioether (sulfide) groups is 1. The third kappa shape index (κ3) is 3.62. The van der Waals surface area contributed by atoms with Crippen molar-refractivity contribution in [3.8, 4) is 0 Å². The van der Waals surface area contributed by atoms with E-state index in [1.54, 1.807) is 13.0 Å². The fourth-order valence-corrected chi connectivity index (χ4v) is 3.03. The number of nitrogens with one attached hydrogen (secondary N) is 1. The highest BCUT2D eigenvalue weighted by Gasteiger charge is 2.25. The number of carbonyl (C=O) groups excluding carboxylic acids is 2. The maximum atomic E-state index is 12.2. The lowest BCUT2D eigenvalue weighted by molar-refractivity contribution is -0.129. The van der Waals surface area contributed by atoms with Crippen LogP contribution < -0.4 is 5.32 Å². The Labute approximate surface area is 137 Å². The maximum absolute atomic E-state index is 12.2. The zero-order valence-corrected chi connectivity index (χ0v) is 13.3. The summed E-state index contributed by atoms with van der Waals surface area (Å²) in [5.74, 6) is 0.863. The number of aromatic nitrogens is 1. The summed E-state index contributed by atoms with van der Waals surface area (Å²) in [5.41, 5.74) is 1.64. The van der Waals surface area contributed by atoms with E-state index in [0.717, 1.165) is 11.3 Å². The Balaban J connectivity index is 1.75. The monoisotopic (exact) mass is 329 g/mol. The number of hydrogen-bond acceptors (Lipinski definition) is 5. The second-order valence-electron chi connectivity index (χ2n) is 5.03. The predicted molar refractivity (Wildman–Crippen MR) is 88.5 cm³/mol. The molecule has 2 heterocycles. The van der Waals surface area contributed by atoms with Crippen molar-refractivity contribution in [2.75, 3.05) is 17.6 Å². The molecule has 2 aromatic rings. The summed E-state index contributed by atoms with van der Waals surface area (Å²) in [7, 11) is 0. The van der Waals surface area contributed by atoms with Crippen LogP contribution in [0.15, 0.2) is 46.3 Å². The van der Waals surface area contributed by atoms with Gasteiger partial charge in [0.15, 0.2) is 5.82 Å². The molecule has 2 amide bonds. The standard InChI is InChI=1S/C16H15N3O3S/c1-11-7-14(18-22-11)17-15(20)8-19-13(9-23-10-16(19)21)12-5-3-2-4-6-12/h2-7,9H,8,10H2,1H3,(H,17,18,20). The van der Waals surface area contributed by atoms with Crippen molar-refractivity contribution in [2.24, 2.45) is 0 Å². The van der Waals surface area contributed by atoms with Crippen molar-refractivity contribution in [1.82, 2.24) is 10.1 Å². The van der Waals surface area contributed by atoms with E-state index < -0.39 is 0 Å². The third-order valence-corrected chi connectivity index (χ3v) is 4.06. The van der Waals surface area contributed by atoms with Crippen molar-refractivity contribution in [1.29, 1.82) is 0 Å². The molecule has 1 aliphatic rings. The fraction of sp³-hybridized carbons (Fsp3) is 0.188. The first-order chi connectivity index (χ1) is 11.1. The first-order valence-electron chi connectivity index (χ1n) is 7.04. The summed E-state index contributed by atoms with van der Waals surface area (Å²) in [4.78, 5) is 25.9. The molecule has 0 spiro atoms. The van der Waals surface area contributed by atoms with Crippen molar-refractivity contribution in [3.05, 3.63) is 53.1 Å². The number of hydrogen-bond donors (Lipinski definition) is 1. The van der Waals surface area contributed by atoms with E-state index in [1.165, 1.54) is 16.7 Å². The maximum Gasteiger partial charge on any atom is 0.245 e. The molecule has 1 aromatic carbocycles. The lowest BCUT2D eigenvalue weighted by Gasteiger charge is -2.28. The van der Waals surface area contributed by atoms with Gasteiger partial charge in [-0.05, 0) is 17.9 Å². The summed E-state index contributed by atoms with van der Waals surface area (Å²) < 4.78 is 4.91. The van der Waals surface area contributed by atoms with Gasteiger partial charge in [-0.2, -0.15) is 0 Å². The second kappa shape index (κ2) is 6.70. The summed E-state index contributed by atoms with van der Waals surface area (Å²) >= 11 is 1.43. The quantitative estimate of drug-likeness (QED) is 0.933. The Morgan fingerprint density at radius 2 is 2.17 bits per heavy atom. The van der Waals surface area contributed by atoms with Gasteiger partial charge in [0.1, 0.15) is 12.3 Å². The summed E-state index contributed by atoms with van der Waals surface area (Å²) in [5, 5.41) is 8.25. The molecule has 0 bridgehead atoms. The Kier molecular flexibility index (Phi) is 4.47. The normalized spacial score (nSPS) is 14.6. The highest BCUT2D eigenvalue weighted by molar-refractivity contribution is 8.03. The largest absolute Gasteiger partial charge is 0.360 e. The van der Waals surface area contributed by atoms with Crippen LogP contribution >= 0.6 is 11.8 Å². The molecule has 23 heavy (non-hydrogen) atoms. The first kappa shape index (κ1) is 15.4. The van der Waals surface area contributed by atoms with Crippen LogP contribution in [-0.2, 0) is 9.59 Å². The van der Waals surface area contributed by atoms with Gasteiger partial charge in [-0.1, -0.05) is 35.5 Å². The summed E-state index contributed by atoms with van der Waals surface area (Å²) in [6, 6.07) is 11.2. The van der Waals surface area contributed by atoms with E-state index in [-0.39, 0.29) is 18.4 Å². The molecule has 1 N–H and O–H groups in total. The predicted octanol–water partition coefficient (Wildman–Crippen LogP) is 2.50. The van der Waals surface area contributed by atoms with Gasteiger partial charge in [-0.15, -0.1) is 11.8 Å². The van der Waals surface area contributed by atoms with Gasteiger partial charge in [-0.25, -0.2) is 0 Å². The lowest BCUT2D eigenvalue weighted by atomic mass is 10.1. The van der Waals surface area contributed by atoms with Crippen LogP contribution in [0.1, 0.15) is 11.3 Å². The highest BCUT2D eigenvalue weighted by Crippen LogP contribution is 2.27. The molecule has 0 saturated heterocycles. The average molecular weight is 329 g/mol. The zero-order chi connectivity index (χ0) is 16.2. The van der Waals surface area contributed by atoms with E-state index in [1.807, 2.05) is 35.7 Å². The first-order valence-corrected chi connectivity index (χ1v) is 8.09. The van der Waals surface area contributed by atoms with Gasteiger partial charge in [0.05, 0.1) is 11.4 Å². The molecular weight excluding hydrogens is 314 g/mol. The summed E-state index contributed by atoms with van der Waals surface area (Å²) in [6.07, 6.45) is 0. The molecular formula is C16H15N3O3S. The minimum atomic E-state index is -0.319. The molecule has 1 aromatic heterocycles. The van der Waals surface area contributed by atoms with Crippen molar-refractivity contribution in [2.45, 2.75) is 6.92 Å². The Morgan fingerprint density at radius 1 is 1.39 bits per heavy atom. The smallest absolute Gasteiger partial charge is 0.245 e. The van der Waals surface area contributed by atoms with Crippen LogP contribution in [0.4, 0.5) is 5.82 Å². The van der Waals surface area contributed by atoms with E-state index in [4.69, 9.17) is 4.52 Å². The van der Waals surface area contributed by atoms with E-state index >= 15 is 0 Å². The summed E-state index contributed by atoms with van der Waals surface area (Å²) in [6.45, 7) is 1.68. The third-order valence-electron chi connectivity index (χ3n) is 3.26. The number of nitrogens with zero attached hydrogens (tertiary/aromatic N) is 2. The molecule has 0 saturated carbocycles. The molecule has 3 rings (SSSR count). The topological polar surface area (TPSA) is 75.4 Å². The second-order valence-corrected chi connectivity index (χ2v) is 5.89. The van der Waals surface area contributed by atoms with Crippen LogP contribution in [0, 0.1) is 6.92 Å². The number of rotatable bonds is 4. The van der Waals surface area contributed by atoms with Gasteiger partial charge in [0, 0.05) is 6.07 Å². The zero-order valence-electron chi connectivity index (χ0n) is 12.5. The minimum Gasteiger partial charge on any atom is -0.360 e. The number of benzene rings is 1. The molecule has 0 unspecified atom stereocenters. The van der Waals surface area contributed by atoms with Crippen LogP contribution in [-0.4, -0.2) is 34.2 Å². The van der Waals surface area contributed by atoms with Crippen molar-refractivity contribution in [3.63, 3.8) is 0 Å². The molecule has 0 fully saturated rings. The highest BCUT2D eigenvalue weighted by atomic mass is 32.2. The van der Waals surface area contributed by atoms with Gasteiger partial charge in [-0.3, -0.25) is 9.59 Å². The van der Waals surface area contributed by atoms with Crippen molar-refractivity contribution < 1.29 is 14.1 Å². The molecule has 7 heteroatoms. The van der Waals surface area contributed by atoms with Crippen LogP contribution in [0.3, 0.4) is 0 Å². The molecule has 0 atom stereocenters. The number of anilines is 1. The number of aryl methyl sites for hydroxylation is 1. The van der Waals surface area contributed by atoms with Gasteiger partial charge in [0.25, 0.3) is 0 Å². The average Bonchev–Trinajstić information content (AvgIpc) is 2.95. The van der Waals surface area contributed by atoms with Crippen LogP contribution in [0.2, 0.25) is 0 Å². The number of amides is 2. The van der Waals surface area contributed by atoms with Crippen LogP contribution in [0.5, 0.6) is 0 Å². The Hall–Kier alpha value is -2.54.